The maximum Gasteiger partial charge on any atom is 0.344 e. The maximum atomic E-state index is 11.1. The van der Waals surface area contributed by atoms with Crippen molar-refractivity contribution in [1.82, 2.24) is 5.06 Å². The highest BCUT2D eigenvalue weighted by Crippen LogP contribution is 1.97. The summed E-state index contributed by atoms with van der Waals surface area (Å²) in [7, 11) is 1.40. The Kier molecular flexibility index (Phi) is 5.37. The normalized spacial score (nSPS) is 8.69. The van der Waals surface area contributed by atoms with Gasteiger partial charge in [-0.15, -0.1) is 6.42 Å². The van der Waals surface area contributed by atoms with Crippen LogP contribution in [0.1, 0.15) is 26.2 Å². The van der Waals surface area contributed by atoms with Crippen molar-refractivity contribution in [3.63, 3.8) is 0 Å². The van der Waals surface area contributed by atoms with Gasteiger partial charge >= 0.3 is 5.97 Å². The second kappa shape index (κ2) is 6.06. The van der Waals surface area contributed by atoms with Gasteiger partial charge in [-0.2, -0.15) is 5.06 Å². The second-order valence-electron chi connectivity index (χ2n) is 2.49. The number of carbonyl (C=O) groups is 2. The number of nitrogens with zero attached hydrogens (tertiary/aromatic N) is 1. The van der Waals surface area contributed by atoms with Crippen molar-refractivity contribution >= 4 is 11.9 Å². The van der Waals surface area contributed by atoms with Crippen LogP contribution in [0.5, 0.6) is 0 Å². The lowest BCUT2D eigenvalue weighted by Gasteiger charge is -2.14. The average molecular weight is 183 g/mol. The van der Waals surface area contributed by atoms with Crippen LogP contribution < -0.4 is 0 Å². The predicted octanol–water partition coefficient (Wildman–Crippen LogP) is 0.726. The quantitative estimate of drug-likeness (QED) is 0.478. The van der Waals surface area contributed by atoms with Gasteiger partial charge in [0.25, 0.3) is 5.91 Å². The summed E-state index contributed by atoms with van der Waals surface area (Å²) in [5.74, 6) is 1.31. The van der Waals surface area contributed by atoms with Crippen molar-refractivity contribution in [3.8, 4) is 12.3 Å². The Morgan fingerprint density at radius 3 is 2.62 bits per heavy atom. The number of hydrogen-bond acceptors (Lipinski definition) is 3. The molecule has 72 valence electrons. The molecule has 0 aliphatic heterocycles. The molecule has 0 bridgehead atoms. The molecule has 0 radical (unpaired) electrons. The summed E-state index contributed by atoms with van der Waals surface area (Å²) in [5.41, 5.74) is 0. The maximum absolute atomic E-state index is 11.1. The topological polar surface area (TPSA) is 46.6 Å². The highest BCUT2D eigenvalue weighted by molar-refractivity contribution is 5.78. The molecule has 0 saturated heterocycles. The van der Waals surface area contributed by atoms with Crippen LogP contribution in [0.2, 0.25) is 0 Å². The minimum absolute atomic E-state index is 0.121. The Morgan fingerprint density at radius 2 is 2.15 bits per heavy atom. The van der Waals surface area contributed by atoms with Gasteiger partial charge in [-0.3, -0.25) is 4.79 Å². The average Bonchev–Trinajstić information content (AvgIpc) is 2.05. The molecule has 1 amide bonds. The van der Waals surface area contributed by atoms with Crippen LogP contribution in [0, 0.1) is 12.3 Å². The van der Waals surface area contributed by atoms with E-state index in [2.05, 4.69) is 10.8 Å². The largest absolute Gasteiger partial charge is 0.344 e. The summed E-state index contributed by atoms with van der Waals surface area (Å²) in [5, 5.41) is 0.920. The summed E-state index contributed by atoms with van der Waals surface area (Å²) in [4.78, 5) is 26.5. The molecule has 0 aromatic rings. The van der Waals surface area contributed by atoms with E-state index in [-0.39, 0.29) is 12.3 Å². The highest BCUT2D eigenvalue weighted by Gasteiger charge is 2.11. The van der Waals surface area contributed by atoms with Gasteiger partial charge in [-0.25, -0.2) is 4.79 Å². The van der Waals surface area contributed by atoms with E-state index in [0.29, 0.717) is 6.42 Å². The van der Waals surface area contributed by atoms with Crippen LogP contribution in [0.15, 0.2) is 0 Å². The molecule has 4 heteroatoms. The van der Waals surface area contributed by atoms with E-state index in [4.69, 9.17) is 6.42 Å². The molecule has 0 unspecified atom stereocenters. The molecule has 0 aromatic carbocycles. The molecule has 0 N–H and O–H groups in total. The Bertz CT molecular complexity index is 230. The Morgan fingerprint density at radius 1 is 1.54 bits per heavy atom. The Balaban J connectivity index is 3.86. The lowest BCUT2D eigenvalue weighted by molar-refractivity contribution is -0.191. The minimum Gasteiger partial charge on any atom is -0.337 e. The summed E-state index contributed by atoms with van der Waals surface area (Å²) >= 11 is 0. The van der Waals surface area contributed by atoms with Gasteiger partial charge in [0.2, 0.25) is 0 Å². The summed E-state index contributed by atoms with van der Waals surface area (Å²) < 4.78 is 0. The van der Waals surface area contributed by atoms with Crippen LogP contribution >= 0.6 is 0 Å². The monoisotopic (exact) mass is 183 g/mol. The van der Waals surface area contributed by atoms with E-state index >= 15 is 0 Å². The third kappa shape index (κ3) is 4.86. The highest BCUT2D eigenvalue weighted by atomic mass is 16.7. The molecular formula is C9H13NO3. The summed E-state index contributed by atoms with van der Waals surface area (Å²) in [6, 6.07) is 0. The zero-order valence-corrected chi connectivity index (χ0v) is 7.87. The van der Waals surface area contributed by atoms with Gasteiger partial charge in [0.1, 0.15) is 6.42 Å². The van der Waals surface area contributed by atoms with Crippen molar-refractivity contribution < 1.29 is 14.4 Å². The molecule has 0 fully saturated rings. The molecule has 0 saturated carbocycles. The number of amides is 1. The fourth-order valence-corrected chi connectivity index (χ4v) is 0.691. The fourth-order valence-electron chi connectivity index (χ4n) is 0.691. The van der Waals surface area contributed by atoms with Gasteiger partial charge in [-0.05, 0) is 6.42 Å². The molecule has 0 spiro atoms. The first kappa shape index (κ1) is 11.5. The third-order valence-corrected chi connectivity index (χ3v) is 1.30. The van der Waals surface area contributed by atoms with Crippen molar-refractivity contribution in [1.29, 1.82) is 0 Å². The molecule has 0 aliphatic rings. The molecule has 0 rings (SSSR count). The van der Waals surface area contributed by atoms with Crippen LogP contribution in [0.3, 0.4) is 0 Å². The van der Waals surface area contributed by atoms with E-state index in [1.807, 2.05) is 6.92 Å². The molecule has 0 heterocycles. The van der Waals surface area contributed by atoms with Crippen LogP contribution in [0.25, 0.3) is 0 Å². The molecule has 0 aliphatic carbocycles. The van der Waals surface area contributed by atoms with E-state index in [0.717, 1.165) is 11.5 Å². The van der Waals surface area contributed by atoms with Gasteiger partial charge in [0, 0.05) is 13.5 Å². The smallest absolute Gasteiger partial charge is 0.337 e. The van der Waals surface area contributed by atoms with Crippen molar-refractivity contribution in [2.75, 3.05) is 7.05 Å². The number of terminal acetylenes is 1. The molecule has 13 heavy (non-hydrogen) atoms. The standard InChI is InChI=1S/C9H13NO3/c1-4-6-8(11)10(3)13-9(12)7-5-2/h2H,4,6-7H2,1,3H3. The lowest BCUT2D eigenvalue weighted by atomic mass is 10.3. The van der Waals surface area contributed by atoms with Crippen LogP contribution in [-0.4, -0.2) is 24.0 Å². The van der Waals surface area contributed by atoms with E-state index in [1.165, 1.54) is 7.05 Å². The number of hydroxylamine groups is 2. The predicted molar refractivity (Wildman–Crippen MR) is 47.2 cm³/mol. The van der Waals surface area contributed by atoms with Crippen LogP contribution in [-0.2, 0) is 14.4 Å². The minimum atomic E-state index is -0.588. The van der Waals surface area contributed by atoms with Gasteiger partial charge < -0.3 is 4.84 Å². The van der Waals surface area contributed by atoms with Crippen LogP contribution in [0.4, 0.5) is 0 Å². The zero-order valence-electron chi connectivity index (χ0n) is 7.87. The molecular weight excluding hydrogens is 170 g/mol. The number of hydrogen-bond donors (Lipinski definition) is 0. The first-order valence-corrected chi connectivity index (χ1v) is 4.02. The number of carbonyl (C=O) groups excluding carboxylic acids is 2. The SMILES string of the molecule is C#CCC(=O)ON(C)C(=O)CCC. The van der Waals surface area contributed by atoms with E-state index in [1.54, 1.807) is 0 Å². The number of rotatable bonds is 3. The molecule has 4 nitrogen and oxygen atoms in total. The van der Waals surface area contributed by atoms with Gasteiger partial charge in [0.05, 0.1) is 0 Å². The Hall–Kier alpha value is -1.50. The third-order valence-electron chi connectivity index (χ3n) is 1.30. The first-order chi connectivity index (χ1) is 6.11. The first-order valence-electron chi connectivity index (χ1n) is 4.02. The second-order valence-corrected chi connectivity index (χ2v) is 2.49. The van der Waals surface area contributed by atoms with Gasteiger partial charge in [-0.1, -0.05) is 12.8 Å². The molecule has 0 atom stereocenters. The summed E-state index contributed by atoms with van der Waals surface area (Å²) in [6.07, 6.45) is 5.84. The van der Waals surface area contributed by atoms with Crippen molar-refractivity contribution in [3.05, 3.63) is 0 Å². The summed E-state index contributed by atoms with van der Waals surface area (Å²) in [6.45, 7) is 1.87. The zero-order chi connectivity index (χ0) is 10.3. The Labute approximate surface area is 77.8 Å². The lowest BCUT2D eigenvalue weighted by Crippen LogP contribution is -2.29. The van der Waals surface area contributed by atoms with E-state index in [9.17, 15) is 9.59 Å². The van der Waals surface area contributed by atoms with E-state index < -0.39 is 5.97 Å². The van der Waals surface area contributed by atoms with Crippen molar-refractivity contribution in [2.24, 2.45) is 0 Å². The molecule has 0 aromatic heterocycles. The van der Waals surface area contributed by atoms with Gasteiger partial charge in [0.15, 0.2) is 0 Å². The fraction of sp³-hybridized carbons (Fsp3) is 0.556. The van der Waals surface area contributed by atoms with Crippen molar-refractivity contribution in [2.45, 2.75) is 26.2 Å².